The topological polar surface area (TPSA) is 30.7 Å². The van der Waals surface area contributed by atoms with E-state index in [2.05, 4.69) is 54.7 Å². The second-order valence-electron chi connectivity index (χ2n) is 4.54. The molecule has 0 radical (unpaired) electrons. The van der Waals surface area contributed by atoms with E-state index in [4.69, 9.17) is 11.6 Å². The molecule has 102 valence electrons. The molecule has 0 amide bonds. The molecule has 0 spiro atoms. The van der Waals surface area contributed by atoms with Gasteiger partial charge in [-0.3, -0.25) is 4.98 Å². The molecule has 0 atom stereocenters. The van der Waals surface area contributed by atoms with Crippen molar-refractivity contribution in [3.05, 3.63) is 58.6 Å². The molecule has 2 heterocycles. The number of aromatic nitrogens is 3. The number of rotatable bonds is 4. The molecule has 0 aliphatic carbocycles. The predicted octanol–water partition coefficient (Wildman–Crippen LogP) is 4.02. The van der Waals surface area contributed by atoms with Crippen LogP contribution in [0.5, 0.6) is 0 Å². The van der Waals surface area contributed by atoms with Crippen molar-refractivity contribution in [3.63, 3.8) is 0 Å². The van der Waals surface area contributed by atoms with Crippen molar-refractivity contribution in [2.75, 3.05) is 5.88 Å². The molecule has 0 saturated heterocycles. The third-order valence-corrected chi connectivity index (χ3v) is 3.92. The van der Waals surface area contributed by atoms with Crippen molar-refractivity contribution in [1.29, 1.82) is 0 Å². The highest BCUT2D eigenvalue weighted by molar-refractivity contribution is 9.10. The van der Waals surface area contributed by atoms with Gasteiger partial charge in [-0.15, -0.1) is 11.6 Å². The summed E-state index contributed by atoms with van der Waals surface area (Å²) in [4.78, 5) is 8.75. The molecule has 2 aromatic heterocycles. The molecule has 0 fully saturated rings. The minimum absolute atomic E-state index is 0.567. The molecule has 0 bridgehead atoms. The van der Waals surface area contributed by atoms with E-state index in [0.29, 0.717) is 5.88 Å². The summed E-state index contributed by atoms with van der Waals surface area (Å²) in [6, 6.07) is 10.3. The highest BCUT2D eigenvalue weighted by atomic mass is 79.9. The Bertz CT molecular complexity index is 722. The highest BCUT2D eigenvalue weighted by Crippen LogP contribution is 2.19. The van der Waals surface area contributed by atoms with E-state index < -0.39 is 0 Å². The van der Waals surface area contributed by atoms with Gasteiger partial charge in [0, 0.05) is 29.5 Å². The quantitative estimate of drug-likeness (QED) is 0.665. The lowest BCUT2D eigenvalue weighted by atomic mass is 10.2. The van der Waals surface area contributed by atoms with Crippen LogP contribution < -0.4 is 0 Å². The van der Waals surface area contributed by atoms with E-state index in [1.54, 1.807) is 12.4 Å². The average molecular weight is 351 g/mol. The number of imidazole rings is 1. The molecule has 20 heavy (non-hydrogen) atoms. The van der Waals surface area contributed by atoms with Crippen LogP contribution in [0.1, 0.15) is 11.4 Å². The lowest BCUT2D eigenvalue weighted by molar-refractivity contribution is 0.754. The molecule has 0 aliphatic rings. The Labute approximate surface area is 130 Å². The van der Waals surface area contributed by atoms with Crippen LogP contribution in [0.25, 0.3) is 11.0 Å². The zero-order valence-corrected chi connectivity index (χ0v) is 13.1. The zero-order chi connectivity index (χ0) is 13.9. The SMILES string of the molecule is ClCCc1nc2cnccc2n1Cc1ccc(Br)cc1. The number of pyridine rings is 1. The van der Waals surface area contributed by atoms with Crippen LogP contribution in [-0.2, 0) is 13.0 Å². The standard InChI is InChI=1S/C15H13BrClN3/c16-12-3-1-11(2-4-12)10-20-14-6-8-18-9-13(14)19-15(20)5-7-17/h1-4,6,8-9H,5,7,10H2. The first-order valence-corrected chi connectivity index (χ1v) is 7.70. The number of hydrogen-bond acceptors (Lipinski definition) is 2. The molecule has 5 heteroatoms. The summed E-state index contributed by atoms with van der Waals surface area (Å²) in [6.07, 6.45) is 4.35. The Balaban J connectivity index is 2.04. The van der Waals surface area contributed by atoms with Crippen LogP contribution in [-0.4, -0.2) is 20.4 Å². The highest BCUT2D eigenvalue weighted by Gasteiger charge is 2.10. The summed E-state index contributed by atoms with van der Waals surface area (Å²) in [5, 5.41) is 0. The number of aryl methyl sites for hydroxylation is 1. The fourth-order valence-electron chi connectivity index (χ4n) is 2.26. The van der Waals surface area contributed by atoms with Gasteiger partial charge in [-0.2, -0.15) is 0 Å². The summed E-state index contributed by atoms with van der Waals surface area (Å²) < 4.78 is 3.30. The zero-order valence-electron chi connectivity index (χ0n) is 10.8. The minimum atomic E-state index is 0.567. The van der Waals surface area contributed by atoms with Crippen molar-refractivity contribution in [2.24, 2.45) is 0 Å². The van der Waals surface area contributed by atoms with Crippen LogP contribution in [0.15, 0.2) is 47.2 Å². The Morgan fingerprint density at radius 1 is 1.15 bits per heavy atom. The van der Waals surface area contributed by atoms with E-state index in [1.165, 1.54) is 5.56 Å². The molecule has 0 N–H and O–H groups in total. The number of alkyl halides is 1. The van der Waals surface area contributed by atoms with Gasteiger partial charge in [0.2, 0.25) is 0 Å². The van der Waals surface area contributed by atoms with Crippen LogP contribution in [0.2, 0.25) is 0 Å². The molecule has 0 aliphatic heterocycles. The van der Waals surface area contributed by atoms with Crippen LogP contribution in [0.4, 0.5) is 0 Å². The molecule has 3 nitrogen and oxygen atoms in total. The summed E-state index contributed by atoms with van der Waals surface area (Å²) in [7, 11) is 0. The molecule has 3 aromatic rings. The number of fused-ring (bicyclic) bond motifs is 1. The van der Waals surface area contributed by atoms with E-state index in [0.717, 1.165) is 34.3 Å². The largest absolute Gasteiger partial charge is 0.323 e. The van der Waals surface area contributed by atoms with Crippen molar-refractivity contribution in [3.8, 4) is 0 Å². The lowest BCUT2D eigenvalue weighted by Gasteiger charge is -2.08. The van der Waals surface area contributed by atoms with Gasteiger partial charge in [0.1, 0.15) is 11.3 Å². The second-order valence-corrected chi connectivity index (χ2v) is 5.84. The molecular weight excluding hydrogens is 338 g/mol. The van der Waals surface area contributed by atoms with E-state index >= 15 is 0 Å². The van der Waals surface area contributed by atoms with Gasteiger partial charge in [0.15, 0.2) is 0 Å². The van der Waals surface area contributed by atoms with Gasteiger partial charge in [-0.25, -0.2) is 4.98 Å². The summed E-state index contributed by atoms with van der Waals surface area (Å²) in [6.45, 7) is 0.792. The normalized spacial score (nSPS) is 11.1. The fourth-order valence-corrected chi connectivity index (χ4v) is 2.69. The van der Waals surface area contributed by atoms with Gasteiger partial charge in [0.25, 0.3) is 0 Å². The first-order valence-electron chi connectivity index (χ1n) is 6.37. The van der Waals surface area contributed by atoms with Crippen LogP contribution >= 0.6 is 27.5 Å². The Hall–Kier alpha value is -1.39. The van der Waals surface area contributed by atoms with Crippen molar-refractivity contribution >= 4 is 38.6 Å². The second kappa shape index (κ2) is 5.94. The maximum absolute atomic E-state index is 5.88. The Morgan fingerprint density at radius 3 is 2.70 bits per heavy atom. The first-order chi connectivity index (χ1) is 9.78. The lowest BCUT2D eigenvalue weighted by Crippen LogP contribution is -2.05. The molecule has 1 aromatic carbocycles. The Kier molecular flexibility index (Phi) is 4.03. The Morgan fingerprint density at radius 2 is 1.95 bits per heavy atom. The van der Waals surface area contributed by atoms with E-state index in [-0.39, 0.29) is 0 Å². The van der Waals surface area contributed by atoms with Gasteiger partial charge in [0.05, 0.1) is 11.7 Å². The smallest absolute Gasteiger partial charge is 0.111 e. The fraction of sp³-hybridized carbons (Fsp3) is 0.200. The van der Waals surface area contributed by atoms with Crippen molar-refractivity contribution in [2.45, 2.75) is 13.0 Å². The monoisotopic (exact) mass is 349 g/mol. The van der Waals surface area contributed by atoms with Crippen molar-refractivity contribution < 1.29 is 0 Å². The van der Waals surface area contributed by atoms with E-state index in [1.807, 2.05) is 6.07 Å². The molecular formula is C15H13BrClN3. The number of benzene rings is 1. The molecule has 0 saturated carbocycles. The number of hydrogen-bond donors (Lipinski definition) is 0. The minimum Gasteiger partial charge on any atom is -0.323 e. The molecule has 3 rings (SSSR count). The van der Waals surface area contributed by atoms with Gasteiger partial charge in [-0.1, -0.05) is 28.1 Å². The van der Waals surface area contributed by atoms with Gasteiger partial charge in [-0.05, 0) is 23.8 Å². The van der Waals surface area contributed by atoms with E-state index in [9.17, 15) is 0 Å². The summed E-state index contributed by atoms with van der Waals surface area (Å²) in [5.74, 6) is 1.57. The van der Waals surface area contributed by atoms with Gasteiger partial charge >= 0.3 is 0 Å². The van der Waals surface area contributed by atoms with Crippen LogP contribution in [0, 0.1) is 0 Å². The predicted molar refractivity (Wildman–Crippen MR) is 85.2 cm³/mol. The molecule has 0 unspecified atom stereocenters. The van der Waals surface area contributed by atoms with Crippen LogP contribution in [0.3, 0.4) is 0 Å². The van der Waals surface area contributed by atoms with Crippen molar-refractivity contribution in [1.82, 2.24) is 14.5 Å². The summed E-state index contributed by atoms with van der Waals surface area (Å²) >= 11 is 9.34. The summed E-state index contributed by atoms with van der Waals surface area (Å²) in [5.41, 5.74) is 3.26. The van der Waals surface area contributed by atoms with Gasteiger partial charge < -0.3 is 4.57 Å². The first kappa shape index (κ1) is 13.6. The maximum atomic E-state index is 5.88. The number of nitrogens with zero attached hydrogens (tertiary/aromatic N) is 3. The number of halogens is 2. The maximum Gasteiger partial charge on any atom is 0.111 e. The third-order valence-electron chi connectivity index (χ3n) is 3.20. The third kappa shape index (κ3) is 2.72. The average Bonchev–Trinajstić information content (AvgIpc) is 2.80.